The molecule has 1 aromatic carbocycles. The number of esters is 2. The third-order valence-corrected chi connectivity index (χ3v) is 6.31. The van der Waals surface area contributed by atoms with E-state index in [0.29, 0.717) is 6.54 Å². The van der Waals surface area contributed by atoms with Crippen LogP contribution in [0.25, 0.3) is 0 Å². The average molecular weight is 473 g/mol. The van der Waals surface area contributed by atoms with Crippen molar-refractivity contribution in [2.24, 2.45) is 5.92 Å². The third-order valence-electron chi connectivity index (χ3n) is 6.31. The first-order valence-electron chi connectivity index (χ1n) is 12.2. The molecule has 34 heavy (non-hydrogen) atoms. The van der Waals surface area contributed by atoms with Gasteiger partial charge in [0, 0.05) is 23.5 Å². The molecule has 188 valence electrons. The molecule has 1 saturated heterocycles. The Labute approximate surface area is 204 Å². The molecule has 0 bridgehead atoms. The first-order chi connectivity index (χ1) is 16.0. The van der Waals surface area contributed by atoms with Gasteiger partial charge in [-0.15, -0.1) is 0 Å². The number of hydrogen-bond donors (Lipinski definition) is 0. The molecule has 0 radical (unpaired) electrons. The van der Waals surface area contributed by atoms with Crippen molar-refractivity contribution >= 4 is 17.8 Å². The Bertz CT molecular complexity index is 829. The normalized spacial score (nSPS) is 17.0. The van der Waals surface area contributed by atoms with Gasteiger partial charge in [0.1, 0.15) is 0 Å². The topological polar surface area (TPSA) is 76.2 Å². The van der Waals surface area contributed by atoms with Crippen LogP contribution in [0.4, 0.5) is 0 Å². The van der Waals surface area contributed by atoms with E-state index in [1.54, 1.807) is 24.9 Å². The van der Waals surface area contributed by atoms with E-state index < -0.39 is 17.9 Å². The quantitative estimate of drug-likeness (QED) is 0.364. The summed E-state index contributed by atoms with van der Waals surface area (Å²) in [4.78, 5) is 42.2. The van der Waals surface area contributed by atoms with Gasteiger partial charge in [0.2, 0.25) is 5.91 Å². The second-order valence-electron chi connectivity index (χ2n) is 9.91. The fraction of sp³-hybridized carbons (Fsp3) is 0.593. The molecule has 2 rings (SSSR count). The van der Waals surface area contributed by atoms with E-state index in [2.05, 4.69) is 32.6 Å². The van der Waals surface area contributed by atoms with Crippen molar-refractivity contribution in [1.82, 2.24) is 9.80 Å². The number of piperidine rings is 1. The minimum atomic E-state index is -1.29. The van der Waals surface area contributed by atoms with Gasteiger partial charge in [-0.3, -0.25) is 14.4 Å². The summed E-state index contributed by atoms with van der Waals surface area (Å²) in [5, 5.41) is 0. The van der Waals surface area contributed by atoms with Crippen molar-refractivity contribution in [2.45, 2.75) is 84.8 Å². The molecule has 1 aliphatic heterocycles. The Morgan fingerprint density at radius 2 is 1.50 bits per heavy atom. The Kier molecular flexibility index (Phi) is 9.71. The highest BCUT2D eigenvalue weighted by Crippen LogP contribution is 2.38. The van der Waals surface area contributed by atoms with E-state index in [1.165, 1.54) is 0 Å². The van der Waals surface area contributed by atoms with Crippen molar-refractivity contribution in [3.05, 3.63) is 48.3 Å². The molecule has 7 heteroatoms. The molecule has 0 N–H and O–H groups in total. The lowest BCUT2D eigenvalue weighted by Gasteiger charge is -2.53. The molecule has 0 atom stereocenters. The van der Waals surface area contributed by atoms with Gasteiger partial charge in [0.05, 0.1) is 26.2 Å². The first kappa shape index (κ1) is 27.4. The van der Waals surface area contributed by atoms with Crippen molar-refractivity contribution in [3.8, 4) is 0 Å². The molecular weight excluding hydrogens is 432 g/mol. The smallest absolute Gasteiger partial charge is 0.320 e. The van der Waals surface area contributed by atoms with E-state index in [-0.39, 0.29) is 36.6 Å². The van der Waals surface area contributed by atoms with Gasteiger partial charge in [-0.25, -0.2) is 0 Å². The molecule has 1 fully saturated rings. The summed E-state index contributed by atoms with van der Waals surface area (Å²) in [6.07, 6.45) is 6.70. The molecule has 1 aromatic rings. The maximum absolute atomic E-state index is 13.4. The van der Waals surface area contributed by atoms with Crippen molar-refractivity contribution < 1.29 is 23.9 Å². The number of carbonyl (C=O) groups is 3. The zero-order valence-corrected chi connectivity index (χ0v) is 21.5. The van der Waals surface area contributed by atoms with E-state index >= 15 is 0 Å². The highest BCUT2D eigenvalue weighted by atomic mass is 16.6. The van der Waals surface area contributed by atoms with Crippen molar-refractivity contribution in [2.75, 3.05) is 13.2 Å². The summed E-state index contributed by atoms with van der Waals surface area (Å²) >= 11 is 0. The summed E-state index contributed by atoms with van der Waals surface area (Å²) in [7, 11) is 0. The van der Waals surface area contributed by atoms with Gasteiger partial charge in [0.15, 0.2) is 5.92 Å². The first-order valence-corrected chi connectivity index (χ1v) is 12.2. The molecule has 0 aromatic heterocycles. The van der Waals surface area contributed by atoms with Gasteiger partial charge in [0.25, 0.3) is 0 Å². The molecule has 0 unspecified atom stereocenters. The average Bonchev–Trinajstić information content (AvgIpc) is 2.76. The van der Waals surface area contributed by atoms with E-state index in [9.17, 15) is 14.4 Å². The molecule has 1 aliphatic rings. The number of rotatable bonds is 10. The van der Waals surface area contributed by atoms with E-state index in [4.69, 9.17) is 9.47 Å². The van der Waals surface area contributed by atoms with Gasteiger partial charge in [-0.1, -0.05) is 30.3 Å². The Balaban J connectivity index is 2.33. The maximum Gasteiger partial charge on any atom is 0.320 e. The minimum Gasteiger partial charge on any atom is -0.465 e. The van der Waals surface area contributed by atoms with Crippen LogP contribution in [0.5, 0.6) is 0 Å². The lowest BCUT2D eigenvalue weighted by molar-refractivity contribution is -0.164. The zero-order valence-electron chi connectivity index (χ0n) is 21.5. The lowest BCUT2D eigenvalue weighted by Crippen LogP contribution is -2.55. The van der Waals surface area contributed by atoms with Crippen LogP contribution in [0.15, 0.2) is 42.7 Å². The number of ether oxygens (including phenoxy) is 2. The monoisotopic (exact) mass is 472 g/mol. The number of benzene rings is 1. The van der Waals surface area contributed by atoms with Crippen molar-refractivity contribution in [1.29, 1.82) is 0 Å². The third kappa shape index (κ3) is 7.34. The molecule has 0 spiro atoms. The highest BCUT2D eigenvalue weighted by Gasteiger charge is 2.39. The fourth-order valence-corrected chi connectivity index (χ4v) is 4.61. The van der Waals surface area contributed by atoms with Crippen LogP contribution in [-0.2, 0) is 30.4 Å². The van der Waals surface area contributed by atoms with Crippen LogP contribution in [-0.4, -0.2) is 51.9 Å². The molecule has 1 heterocycles. The summed E-state index contributed by atoms with van der Waals surface area (Å²) in [6, 6.07) is 9.63. The SMILES string of the molecule is CCOC(=O)C(CC(=O)N(/C=C/N1C(C)(C)CCCC1(C)C)Cc1ccccc1)C(=O)OCC. The van der Waals surface area contributed by atoms with E-state index in [0.717, 1.165) is 24.8 Å². The summed E-state index contributed by atoms with van der Waals surface area (Å²) in [5.74, 6) is -3.12. The Morgan fingerprint density at radius 1 is 0.971 bits per heavy atom. The summed E-state index contributed by atoms with van der Waals surface area (Å²) in [6.45, 7) is 12.7. The largest absolute Gasteiger partial charge is 0.465 e. The standard InChI is InChI=1S/C27H40N2O5/c1-7-33-24(31)22(25(32)34-8-2)19-23(30)28(20-21-13-10-9-11-14-21)17-18-29-26(3,4)15-12-16-27(29,5)6/h9-11,13-14,17-18,22H,7-8,12,15-16,19-20H2,1-6H3/b18-17+. The zero-order chi connectivity index (χ0) is 25.4. The van der Waals surface area contributed by atoms with Crippen LogP contribution < -0.4 is 0 Å². The predicted octanol–water partition coefficient (Wildman–Crippen LogP) is 4.66. The maximum atomic E-state index is 13.4. The predicted molar refractivity (Wildman–Crippen MR) is 131 cm³/mol. The van der Waals surface area contributed by atoms with Crippen LogP contribution in [0, 0.1) is 5.92 Å². The van der Waals surface area contributed by atoms with E-state index in [1.807, 2.05) is 36.5 Å². The second-order valence-corrected chi connectivity index (χ2v) is 9.91. The van der Waals surface area contributed by atoms with Crippen LogP contribution >= 0.6 is 0 Å². The van der Waals surface area contributed by atoms with Crippen molar-refractivity contribution in [3.63, 3.8) is 0 Å². The number of hydrogen-bond acceptors (Lipinski definition) is 6. The van der Waals surface area contributed by atoms with Gasteiger partial charge in [-0.2, -0.15) is 0 Å². The molecule has 7 nitrogen and oxygen atoms in total. The molecule has 1 amide bonds. The lowest BCUT2D eigenvalue weighted by atomic mass is 9.80. The van der Waals surface area contributed by atoms with Gasteiger partial charge >= 0.3 is 11.9 Å². The molecule has 0 saturated carbocycles. The molecular formula is C27H40N2O5. The molecule has 0 aliphatic carbocycles. The Hall–Kier alpha value is -2.83. The van der Waals surface area contributed by atoms with Crippen LogP contribution in [0.1, 0.15) is 72.8 Å². The van der Waals surface area contributed by atoms with Crippen LogP contribution in [0.2, 0.25) is 0 Å². The van der Waals surface area contributed by atoms with Crippen LogP contribution in [0.3, 0.4) is 0 Å². The van der Waals surface area contributed by atoms with Gasteiger partial charge in [-0.05, 0) is 66.4 Å². The number of carbonyl (C=O) groups excluding carboxylic acids is 3. The van der Waals surface area contributed by atoms with Gasteiger partial charge < -0.3 is 19.3 Å². The fourth-order valence-electron chi connectivity index (χ4n) is 4.61. The minimum absolute atomic E-state index is 0.0574. The second kappa shape index (κ2) is 12.0. The number of likely N-dealkylation sites (tertiary alicyclic amines) is 1. The summed E-state index contributed by atoms with van der Waals surface area (Å²) in [5.41, 5.74) is 0.831. The number of nitrogens with zero attached hydrogens (tertiary/aromatic N) is 2. The number of amides is 1. The Morgan fingerprint density at radius 3 is 2.00 bits per heavy atom. The summed E-state index contributed by atoms with van der Waals surface area (Å²) < 4.78 is 10.1. The highest BCUT2D eigenvalue weighted by molar-refractivity contribution is 5.99.